The Bertz CT molecular complexity index is 386. The highest BCUT2D eigenvalue weighted by atomic mass is 79.9. The SMILES string of the molecule is Nc1ncc(C(F)F)c(C(=O)Cl)c1Br. The zero-order valence-corrected chi connectivity index (χ0v) is 8.94. The molecule has 0 bridgehead atoms. The summed E-state index contributed by atoms with van der Waals surface area (Å²) in [5.41, 5.74) is 4.44. The molecule has 1 aromatic heterocycles. The van der Waals surface area contributed by atoms with Gasteiger partial charge in [-0.3, -0.25) is 4.79 Å². The summed E-state index contributed by atoms with van der Waals surface area (Å²) in [6, 6.07) is 0. The van der Waals surface area contributed by atoms with E-state index in [4.69, 9.17) is 17.3 Å². The number of pyridine rings is 1. The highest BCUT2D eigenvalue weighted by Gasteiger charge is 2.22. The molecule has 76 valence electrons. The van der Waals surface area contributed by atoms with Crippen LogP contribution in [-0.4, -0.2) is 10.2 Å². The zero-order valence-electron chi connectivity index (χ0n) is 6.60. The lowest BCUT2D eigenvalue weighted by molar-refractivity contribution is 0.106. The number of aromatic nitrogens is 1. The summed E-state index contributed by atoms with van der Waals surface area (Å²) in [7, 11) is 0. The van der Waals surface area contributed by atoms with Gasteiger partial charge in [0, 0.05) is 11.8 Å². The van der Waals surface area contributed by atoms with E-state index in [-0.39, 0.29) is 15.9 Å². The van der Waals surface area contributed by atoms with Gasteiger partial charge in [0.05, 0.1) is 10.0 Å². The minimum Gasteiger partial charge on any atom is -0.383 e. The largest absolute Gasteiger partial charge is 0.383 e. The van der Waals surface area contributed by atoms with E-state index in [0.29, 0.717) is 0 Å². The molecule has 0 amide bonds. The first-order valence-corrected chi connectivity index (χ1v) is 4.54. The van der Waals surface area contributed by atoms with Crippen molar-refractivity contribution in [3.8, 4) is 0 Å². The first-order chi connectivity index (χ1) is 6.45. The smallest absolute Gasteiger partial charge is 0.266 e. The molecule has 0 aromatic carbocycles. The number of nitrogens with zero attached hydrogens (tertiary/aromatic N) is 1. The van der Waals surface area contributed by atoms with E-state index >= 15 is 0 Å². The molecule has 1 aromatic rings. The van der Waals surface area contributed by atoms with Crippen molar-refractivity contribution in [1.29, 1.82) is 0 Å². The highest BCUT2D eigenvalue weighted by Crippen LogP contribution is 2.31. The van der Waals surface area contributed by atoms with E-state index in [1.807, 2.05) is 0 Å². The van der Waals surface area contributed by atoms with Gasteiger partial charge in [-0.05, 0) is 27.5 Å². The lowest BCUT2D eigenvalue weighted by atomic mass is 10.1. The molecule has 7 heteroatoms. The van der Waals surface area contributed by atoms with E-state index in [1.54, 1.807) is 0 Å². The van der Waals surface area contributed by atoms with Gasteiger partial charge in [0.2, 0.25) is 0 Å². The van der Waals surface area contributed by atoms with Gasteiger partial charge in [-0.1, -0.05) is 0 Å². The highest BCUT2D eigenvalue weighted by molar-refractivity contribution is 9.10. The number of anilines is 1. The molecular formula is C7H4BrClF2N2O. The van der Waals surface area contributed by atoms with Crippen LogP contribution in [0, 0.1) is 0 Å². The fourth-order valence-corrected chi connectivity index (χ4v) is 1.71. The minimum atomic E-state index is -2.82. The van der Waals surface area contributed by atoms with Crippen LogP contribution in [-0.2, 0) is 0 Å². The van der Waals surface area contributed by atoms with Crippen molar-refractivity contribution in [3.05, 3.63) is 21.8 Å². The second-order valence-electron chi connectivity index (χ2n) is 2.36. The first kappa shape index (κ1) is 11.3. The Morgan fingerprint density at radius 1 is 1.64 bits per heavy atom. The molecule has 0 atom stereocenters. The molecule has 0 radical (unpaired) electrons. The van der Waals surface area contributed by atoms with Crippen molar-refractivity contribution in [2.45, 2.75) is 6.43 Å². The summed E-state index contributed by atoms with van der Waals surface area (Å²) in [5, 5.41) is -0.999. The number of carbonyl (C=O) groups is 1. The molecular weight excluding hydrogens is 281 g/mol. The van der Waals surface area contributed by atoms with E-state index in [2.05, 4.69) is 20.9 Å². The van der Waals surface area contributed by atoms with Crippen LogP contribution in [0.1, 0.15) is 22.3 Å². The lowest BCUT2D eigenvalue weighted by Crippen LogP contribution is -2.04. The van der Waals surface area contributed by atoms with Crippen molar-refractivity contribution >= 4 is 38.6 Å². The van der Waals surface area contributed by atoms with Gasteiger partial charge in [-0.15, -0.1) is 0 Å². The number of hydrogen-bond acceptors (Lipinski definition) is 3. The number of rotatable bonds is 2. The van der Waals surface area contributed by atoms with Crippen molar-refractivity contribution in [2.75, 3.05) is 5.73 Å². The molecule has 0 aliphatic carbocycles. The summed E-state index contributed by atoms with van der Waals surface area (Å²) in [4.78, 5) is 14.3. The van der Waals surface area contributed by atoms with Crippen LogP contribution in [0.5, 0.6) is 0 Å². The second-order valence-corrected chi connectivity index (χ2v) is 3.50. The minimum absolute atomic E-state index is 0.00435. The van der Waals surface area contributed by atoms with Gasteiger partial charge in [-0.2, -0.15) is 0 Å². The molecule has 1 heterocycles. The Morgan fingerprint density at radius 2 is 2.21 bits per heavy atom. The summed E-state index contributed by atoms with van der Waals surface area (Å²) in [6.45, 7) is 0. The fraction of sp³-hybridized carbons (Fsp3) is 0.143. The normalized spacial score (nSPS) is 10.6. The number of hydrogen-bond donors (Lipinski definition) is 1. The van der Waals surface area contributed by atoms with Crippen LogP contribution < -0.4 is 5.73 Å². The molecule has 0 unspecified atom stereocenters. The zero-order chi connectivity index (χ0) is 10.9. The Kier molecular flexibility index (Phi) is 3.38. The molecule has 2 N–H and O–H groups in total. The topological polar surface area (TPSA) is 56.0 Å². The van der Waals surface area contributed by atoms with Gasteiger partial charge >= 0.3 is 0 Å². The Balaban J connectivity index is 3.45. The molecule has 0 aliphatic rings. The van der Waals surface area contributed by atoms with Crippen LogP contribution in [0.4, 0.5) is 14.6 Å². The number of halogens is 4. The number of nitrogens with two attached hydrogens (primary N) is 1. The van der Waals surface area contributed by atoms with E-state index in [0.717, 1.165) is 6.20 Å². The molecule has 3 nitrogen and oxygen atoms in total. The summed E-state index contributed by atoms with van der Waals surface area (Å²) in [5.74, 6) is -0.0570. The number of nitrogen functional groups attached to an aromatic ring is 1. The predicted octanol–water partition coefficient (Wildman–Crippen LogP) is 2.74. The average Bonchev–Trinajstić information content (AvgIpc) is 2.08. The van der Waals surface area contributed by atoms with Gasteiger partial charge < -0.3 is 5.73 Å². The van der Waals surface area contributed by atoms with Crippen LogP contribution in [0.3, 0.4) is 0 Å². The van der Waals surface area contributed by atoms with Gasteiger partial charge in [-0.25, -0.2) is 13.8 Å². The Hall–Kier alpha value is -0.750. The standard InChI is InChI=1S/C7H4BrClF2N2O/c8-4-3(5(9)14)2(6(10)11)1-13-7(4)12/h1,6H,(H2,12,13). The molecule has 0 aliphatic heterocycles. The Labute approximate surface area is 91.4 Å². The van der Waals surface area contributed by atoms with Gasteiger partial charge in [0.25, 0.3) is 11.7 Å². The van der Waals surface area contributed by atoms with Crippen molar-refractivity contribution in [3.63, 3.8) is 0 Å². The first-order valence-electron chi connectivity index (χ1n) is 3.37. The van der Waals surface area contributed by atoms with Crippen LogP contribution in [0.25, 0.3) is 0 Å². The van der Waals surface area contributed by atoms with Gasteiger partial charge in [0.1, 0.15) is 5.82 Å². The van der Waals surface area contributed by atoms with Crippen LogP contribution in [0.2, 0.25) is 0 Å². The monoisotopic (exact) mass is 284 g/mol. The van der Waals surface area contributed by atoms with E-state index in [9.17, 15) is 13.6 Å². The van der Waals surface area contributed by atoms with Crippen LogP contribution >= 0.6 is 27.5 Å². The van der Waals surface area contributed by atoms with Crippen molar-refractivity contribution in [2.24, 2.45) is 0 Å². The van der Waals surface area contributed by atoms with Gasteiger partial charge in [0.15, 0.2) is 0 Å². The van der Waals surface area contributed by atoms with E-state index in [1.165, 1.54) is 0 Å². The maximum atomic E-state index is 12.4. The van der Waals surface area contributed by atoms with Crippen LogP contribution in [0.15, 0.2) is 10.7 Å². The predicted molar refractivity (Wildman–Crippen MR) is 51.5 cm³/mol. The average molecular weight is 285 g/mol. The Morgan fingerprint density at radius 3 is 2.64 bits per heavy atom. The summed E-state index contributed by atoms with van der Waals surface area (Å²) in [6.07, 6.45) is -1.99. The van der Waals surface area contributed by atoms with E-state index < -0.39 is 17.2 Å². The third kappa shape index (κ3) is 2.01. The molecule has 0 fully saturated rings. The maximum Gasteiger partial charge on any atom is 0.266 e. The molecule has 14 heavy (non-hydrogen) atoms. The molecule has 0 spiro atoms. The fourth-order valence-electron chi connectivity index (χ4n) is 0.880. The third-order valence-corrected chi connectivity index (χ3v) is 2.50. The number of alkyl halides is 2. The van der Waals surface area contributed by atoms with Crippen molar-refractivity contribution in [1.82, 2.24) is 4.98 Å². The second kappa shape index (κ2) is 4.18. The third-order valence-electron chi connectivity index (χ3n) is 1.51. The molecule has 0 saturated heterocycles. The quantitative estimate of drug-likeness (QED) is 0.850. The molecule has 0 saturated carbocycles. The summed E-state index contributed by atoms with van der Waals surface area (Å²) >= 11 is 8.02. The molecule has 1 rings (SSSR count). The summed E-state index contributed by atoms with van der Waals surface area (Å²) < 4.78 is 24.8. The van der Waals surface area contributed by atoms with Crippen molar-refractivity contribution < 1.29 is 13.6 Å². The lowest BCUT2D eigenvalue weighted by Gasteiger charge is -2.07. The maximum absolute atomic E-state index is 12.4. The number of carbonyl (C=O) groups excluding carboxylic acids is 1.